The lowest BCUT2D eigenvalue weighted by Crippen LogP contribution is -2.57. The topological polar surface area (TPSA) is 87.2 Å². The monoisotopic (exact) mass is 492 g/mol. The maximum atomic E-state index is 13.7. The number of fused-ring (bicyclic) bond motifs is 3. The fraction of sp³-hybridized carbons (Fsp3) is 0.483. The molecule has 0 aromatic heterocycles. The van der Waals surface area contributed by atoms with Gasteiger partial charge in [0, 0.05) is 19.0 Å². The molecule has 2 aromatic carbocycles. The van der Waals surface area contributed by atoms with Crippen molar-refractivity contribution in [2.75, 3.05) is 19.7 Å². The zero-order valence-corrected chi connectivity index (χ0v) is 21.4. The summed E-state index contributed by atoms with van der Waals surface area (Å²) in [6.45, 7) is 6.69. The highest BCUT2D eigenvalue weighted by Gasteiger charge is 2.40. The minimum absolute atomic E-state index is 0.0715. The summed E-state index contributed by atoms with van der Waals surface area (Å²) < 4.78 is 5.87. The Morgan fingerprint density at radius 1 is 1.03 bits per heavy atom. The van der Waals surface area contributed by atoms with Gasteiger partial charge in [-0.1, -0.05) is 62.4 Å². The van der Waals surface area contributed by atoms with E-state index in [0.717, 1.165) is 35.1 Å². The zero-order chi connectivity index (χ0) is 25.8. The SMILES string of the molecule is CCN(C(=O)OCC1c2ccccc2-c2ccccc21)[C@@H](CC(C)C)C(=O)N1CCCC[C@@H]1C(=O)O. The lowest BCUT2D eigenvalue weighted by Gasteiger charge is -2.39. The van der Waals surface area contributed by atoms with E-state index >= 15 is 0 Å². The molecule has 1 saturated heterocycles. The number of carboxylic acids is 1. The number of benzene rings is 2. The Labute approximate surface area is 213 Å². The van der Waals surface area contributed by atoms with Crippen molar-refractivity contribution >= 4 is 18.0 Å². The number of hydrogen-bond acceptors (Lipinski definition) is 4. The molecule has 4 rings (SSSR count). The second-order valence-electron chi connectivity index (χ2n) is 10.1. The Morgan fingerprint density at radius 2 is 1.64 bits per heavy atom. The van der Waals surface area contributed by atoms with Crippen LogP contribution in [0.2, 0.25) is 0 Å². The second-order valence-corrected chi connectivity index (χ2v) is 10.1. The molecule has 1 fully saturated rings. The zero-order valence-electron chi connectivity index (χ0n) is 21.4. The molecule has 2 amide bonds. The van der Waals surface area contributed by atoms with Gasteiger partial charge in [-0.25, -0.2) is 9.59 Å². The van der Waals surface area contributed by atoms with Gasteiger partial charge in [-0.15, -0.1) is 0 Å². The highest BCUT2D eigenvalue weighted by molar-refractivity contribution is 5.89. The minimum atomic E-state index is -0.990. The summed E-state index contributed by atoms with van der Waals surface area (Å²) in [5.74, 6) is -1.22. The fourth-order valence-electron chi connectivity index (χ4n) is 5.61. The molecule has 0 bridgehead atoms. The highest BCUT2D eigenvalue weighted by Crippen LogP contribution is 2.44. The van der Waals surface area contributed by atoms with Gasteiger partial charge in [0.15, 0.2) is 0 Å². The molecule has 0 saturated carbocycles. The number of carboxylic acid groups (broad SMARTS) is 1. The van der Waals surface area contributed by atoms with Crippen molar-refractivity contribution in [3.05, 3.63) is 59.7 Å². The maximum absolute atomic E-state index is 13.7. The van der Waals surface area contributed by atoms with Gasteiger partial charge >= 0.3 is 12.1 Å². The van der Waals surface area contributed by atoms with Gasteiger partial charge in [-0.3, -0.25) is 9.69 Å². The van der Waals surface area contributed by atoms with E-state index in [1.807, 2.05) is 45.0 Å². The third-order valence-corrected chi connectivity index (χ3v) is 7.34. The van der Waals surface area contributed by atoms with Crippen LogP contribution in [0.5, 0.6) is 0 Å². The number of nitrogens with zero attached hydrogens (tertiary/aromatic N) is 2. The van der Waals surface area contributed by atoms with Gasteiger partial charge < -0.3 is 14.7 Å². The average molecular weight is 493 g/mol. The molecular weight excluding hydrogens is 456 g/mol. The number of amides is 2. The summed E-state index contributed by atoms with van der Waals surface area (Å²) >= 11 is 0. The average Bonchev–Trinajstić information content (AvgIpc) is 3.20. The maximum Gasteiger partial charge on any atom is 0.410 e. The molecule has 1 N–H and O–H groups in total. The summed E-state index contributed by atoms with van der Waals surface area (Å²) in [6, 6.07) is 14.7. The van der Waals surface area contributed by atoms with Crippen molar-refractivity contribution in [2.45, 2.75) is 64.5 Å². The van der Waals surface area contributed by atoms with Crippen molar-refractivity contribution in [2.24, 2.45) is 5.92 Å². The highest BCUT2D eigenvalue weighted by atomic mass is 16.6. The van der Waals surface area contributed by atoms with E-state index in [4.69, 9.17) is 4.74 Å². The second kappa shape index (κ2) is 11.1. The molecule has 192 valence electrons. The van der Waals surface area contributed by atoms with Crippen molar-refractivity contribution < 1.29 is 24.2 Å². The first-order chi connectivity index (χ1) is 17.3. The minimum Gasteiger partial charge on any atom is -0.480 e. The summed E-state index contributed by atoms with van der Waals surface area (Å²) in [4.78, 5) is 41.8. The molecule has 0 unspecified atom stereocenters. The number of likely N-dealkylation sites (N-methyl/N-ethyl adjacent to an activating group) is 1. The third kappa shape index (κ3) is 5.11. The smallest absolute Gasteiger partial charge is 0.410 e. The number of hydrogen-bond donors (Lipinski definition) is 1. The van der Waals surface area contributed by atoms with E-state index < -0.39 is 24.1 Å². The largest absolute Gasteiger partial charge is 0.480 e. The molecular formula is C29H36N2O5. The van der Waals surface area contributed by atoms with Crippen LogP contribution in [-0.4, -0.2) is 64.7 Å². The van der Waals surface area contributed by atoms with Gasteiger partial charge in [0.1, 0.15) is 18.7 Å². The molecule has 2 aliphatic rings. The number of aliphatic carboxylic acids is 1. The molecule has 2 atom stereocenters. The molecule has 7 heteroatoms. The van der Waals surface area contributed by atoms with Crippen molar-refractivity contribution in [3.63, 3.8) is 0 Å². The number of rotatable bonds is 8. The van der Waals surface area contributed by atoms with Crippen molar-refractivity contribution in [1.82, 2.24) is 9.80 Å². The van der Waals surface area contributed by atoms with Crippen LogP contribution in [0.25, 0.3) is 11.1 Å². The van der Waals surface area contributed by atoms with E-state index in [0.29, 0.717) is 25.9 Å². The van der Waals surface area contributed by atoms with Crippen LogP contribution in [0, 0.1) is 5.92 Å². The van der Waals surface area contributed by atoms with Gasteiger partial charge in [0.05, 0.1) is 0 Å². The molecule has 0 radical (unpaired) electrons. The molecule has 1 heterocycles. The summed E-state index contributed by atoms with van der Waals surface area (Å²) in [5, 5.41) is 9.69. The third-order valence-electron chi connectivity index (χ3n) is 7.34. The Bertz CT molecular complexity index is 1070. The van der Waals surface area contributed by atoms with E-state index in [2.05, 4.69) is 24.3 Å². The van der Waals surface area contributed by atoms with Gasteiger partial charge in [-0.05, 0) is 60.8 Å². The lowest BCUT2D eigenvalue weighted by molar-refractivity contribution is -0.154. The number of piperidine rings is 1. The molecule has 0 spiro atoms. The summed E-state index contributed by atoms with van der Waals surface area (Å²) in [6.07, 6.45) is 1.88. The number of carbonyl (C=O) groups excluding carboxylic acids is 2. The standard InChI is InChI=1S/C29H36N2O5/c1-4-30(26(17-19(2)3)27(32)31-16-10-9-15-25(31)28(33)34)29(35)36-18-24-22-13-7-5-11-20(22)21-12-6-8-14-23(21)24/h5-8,11-14,19,24-26H,4,9-10,15-18H2,1-3H3,(H,33,34)/t25-,26+/m1/s1. The summed E-state index contributed by atoms with van der Waals surface area (Å²) in [7, 11) is 0. The van der Waals surface area contributed by atoms with Crippen LogP contribution < -0.4 is 0 Å². The van der Waals surface area contributed by atoms with Crippen LogP contribution in [0.15, 0.2) is 48.5 Å². The van der Waals surface area contributed by atoms with E-state index in [1.165, 1.54) is 9.80 Å². The number of carbonyl (C=O) groups is 3. The number of ether oxygens (including phenoxy) is 1. The Balaban J connectivity index is 1.53. The predicted molar refractivity (Wildman–Crippen MR) is 138 cm³/mol. The Kier molecular flexibility index (Phi) is 7.97. The first-order valence-electron chi connectivity index (χ1n) is 13.0. The van der Waals surface area contributed by atoms with Crippen molar-refractivity contribution in [3.8, 4) is 11.1 Å². The van der Waals surface area contributed by atoms with E-state index in [9.17, 15) is 19.5 Å². The molecule has 2 aromatic rings. The lowest BCUT2D eigenvalue weighted by atomic mass is 9.97. The Morgan fingerprint density at radius 3 is 2.19 bits per heavy atom. The van der Waals surface area contributed by atoms with Crippen LogP contribution in [-0.2, 0) is 14.3 Å². The van der Waals surface area contributed by atoms with E-state index in [1.54, 1.807) is 0 Å². The molecule has 1 aliphatic carbocycles. The van der Waals surface area contributed by atoms with Gasteiger partial charge in [0.2, 0.25) is 5.91 Å². The normalized spacial score (nSPS) is 17.9. The van der Waals surface area contributed by atoms with Crippen LogP contribution in [0.3, 0.4) is 0 Å². The van der Waals surface area contributed by atoms with Crippen LogP contribution in [0.4, 0.5) is 4.79 Å². The van der Waals surface area contributed by atoms with Crippen LogP contribution >= 0.6 is 0 Å². The van der Waals surface area contributed by atoms with Gasteiger partial charge in [-0.2, -0.15) is 0 Å². The molecule has 1 aliphatic heterocycles. The first-order valence-corrected chi connectivity index (χ1v) is 13.0. The quantitative estimate of drug-likeness (QED) is 0.552. The predicted octanol–water partition coefficient (Wildman–Crippen LogP) is 5.14. The van der Waals surface area contributed by atoms with Crippen molar-refractivity contribution in [1.29, 1.82) is 0 Å². The molecule has 36 heavy (non-hydrogen) atoms. The summed E-state index contributed by atoms with van der Waals surface area (Å²) in [5.41, 5.74) is 4.56. The van der Waals surface area contributed by atoms with Gasteiger partial charge in [0.25, 0.3) is 0 Å². The number of likely N-dealkylation sites (tertiary alicyclic amines) is 1. The van der Waals surface area contributed by atoms with E-state index in [-0.39, 0.29) is 24.3 Å². The fourth-order valence-corrected chi connectivity index (χ4v) is 5.61. The first kappa shape index (κ1) is 25.7. The Hall–Kier alpha value is -3.35. The molecule has 7 nitrogen and oxygen atoms in total. The van der Waals surface area contributed by atoms with Crippen LogP contribution in [0.1, 0.15) is 63.5 Å².